The summed E-state index contributed by atoms with van der Waals surface area (Å²) in [6.07, 6.45) is 6.79. The highest BCUT2D eigenvalue weighted by Gasteiger charge is 2.11. The highest BCUT2D eigenvalue weighted by Crippen LogP contribution is 2.23. The third-order valence-corrected chi connectivity index (χ3v) is 5.02. The van der Waals surface area contributed by atoms with Gasteiger partial charge in [-0.15, -0.1) is 0 Å². The van der Waals surface area contributed by atoms with Gasteiger partial charge in [0.15, 0.2) is 0 Å². The Labute approximate surface area is 175 Å². The van der Waals surface area contributed by atoms with Gasteiger partial charge < -0.3 is 15.5 Å². The van der Waals surface area contributed by atoms with Crippen LogP contribution in [0.4, 0.5) is 22.9 Å². The van der Waals surface area contributed by atoms with Gasteiger partial charge in [-0.2, -0.15) is 5.26 Å². The Hall–Kier alpha value is -3.92. The van der Waals surface area contributed by atoms with Gasteiger partial charge in [-0.1, -0.05) is 0 Å². The molecule has 2 heterocycles. The van der Waals surface area contributed by atoms with Crippen molar-refractivity contribution in [1.29, 1.82) is 5.26 Å². The molecule has 1 aromatic heterocycles. The Morgan fingerprint density at radius 3 is 2.23 bits per heavy atom. The van der Waals surface area contributed by atoms with E-state index in [1.807, 2.05) is 18.2 Å². The molecule has 3 aromatic rings. The van der Waals surface area contributed by atoms with Crippen LogP contribution in [-0.2, 0) is 0 Å². The predicted molar refractivity (Wildman–Crippen MR) is 117 cm³/mol. The summed E-state index contributed by atoms with van der Waals surface area (Å²) in [6, 6.07) is 16.9. The second-order valence-corrected chi connectivity index (χ2v) is 7.15. The van der Waals surface area contributed by atoms with Gasteiger partial charge in [-0.3, -0.25) is 4.79 Å². The fourth-order valence-corrected chi connectivity index (χ4v) is 3.39. The molecule has 7 nitrogen and oxygen atoms in total. The zero-order valence-electron chi connectivity index (χ0n) is 16.5. The van der Waals surface area contributed by atoms with Crippen molar-refractivity contribution >= 4 is 28.8 Å². The van der Waals surface area contributed by atoms with Crippen LogP contribution in [0, 0.1) is 11.3 Å². The summed E-state index contributed by atoms with van der Waals surface area (Å²) in [5.74, 6) is 0.209. The Bertz CT molecular complexity index is 1030. The number of amides is 1. The van der Waals surface area contributed by atoms with Crippen LogP contribution in [0.15, 0.2) is 60.9 Å². The number of nitriles is 1. The predicted octanol–water partition coefficient (Wildman–Crippen LogP) is 4.33. The highest BCUT2D eigenvalue weighted by atomic mass is 16.1. The monoisotopic (exact) mass is 398 g/mol. The third kappa shape index (κ3) is 4.73. The van der Waals surface area contributed by atoms with Crippen molar-refractivity contribution in [2.45, 2.75) is 19.3 Å². The van der Waals surface area contributed by atoms with E-state index in [1.165, 1.54) is 37.3 Å². The maximum Gasteiger partial charge on any atom is 0.275 e. The van der Waals surface area contributed by atoms with Gasteiger partial charge in [0.2, 0.25) is 0 Å². The van der Waals surface area contributed by atoms with Crippen molar-refractivity contribution < 1.29 is 4.79 Å². The molecule has 0 atom stereocenters. The van der Waals surface area contributed by atoms with E-state index >= 15 is 0 Å². The SMILES string of the molecule is N#Cc1ccc(NC(=O)c2cnc(Nc3ccc(N4CCCCC4)cc3)cn2)cc1. The molecule has 0 aliphatic carbocycles. The van der Waals surface area contributed by atoms with Crippen molar-refractivity contribution in [3.05, 3.63) is 72.2 Å². The first-order valence-corrected chi connectivity index (χ1v) is 9.97. The molecule has 7 heteroatoms. The van der Waals surface area contributed by atoms with E-state index in [4.69, 9.17) is 5.26 Å². The second-order valence-electron chi connectivity index (χ2n) is 7.15. The maximum absolute atomic E-state index is 12.3. The number of benzene rings is 2. The quantitative estimate of drug-likeness (QED) is 0.664. The number of carbonyl (C=O) groups is 1. The van der Waals surface area contributed by atoms with Gasteiger partial charge >= 0.3 is 0 Å². The molecule has 30 heavy (non-hydrogen) atoms. The molecule has 1 saturated heterocycles. The minimum Gasteiger partial charge on any atom is -0.372 e. The lowest BCUT2D eigenvalue weighted by Gasteiger charge is -2.28. The Morgan fingerprint density at radius 1 is 0.900 bits per heavy atom. The summed E-state index contributed by atoms with van der Waals surface area (Å²) in [5.41, 5.74) is 3.50. The molecule has 2 aromatic carbocycles. The number of aromatic nitrogens is 2. The number of carbonyl (C=O) groups excluding carboxylic acids is 1. The molecule has 4 rings (SSSR count). The summed E-state index contributed by atoms with van der Waals surface area (Å²) < 4.78 is 0. The molecular formula is C23H22N6O. The largest absolute Gasteiger partial charge is 0.372 e. The highest BCUT2D eigenvalue weighted by molar-refractivity contribution is 6.02. The van der Waals surface area contributed by atoms with E-state index in [9.17, 15) is 4.79 Å². The molecule has 1 aliphatic rings. The van der Waals surface area contributed by atoms with Crippen LogP contribution in [0.5, 0.6) is 0 Å². The lowest BCUT2D eigenvalue weighted by atomic mass is 10.1. The van der Waals surface area contributed by atoms with Crippen LogP contribution < -0.4 is 15.5 Å². The smallest absolute Gasteiger partial charge is 0.275 e. The fraction of sp³-hybridized carbons (Fsp3) is 0.217. The van der Waals surface area contributed by atoms with Gasteiger partial charge in [0.1, 0.15) is 11.5 Å². The average molecular weight is 398 g/mol. The van der Waals surface area contributed by atoms with Crippen molar-refractivity contribution in [2.75, 3.05) is 28.6 Å². The van der Waals surface area contributed by atoms with Crippen molar-refractivity contribution in [2.24, 2.45) is 0 Å². The summed E-state index contributed by atoms with van der Waals surface area (Å²) in [6.45, 7) is 2.23. The topological polar surface area (TPSA) is 93.9 Å². The second kappa shape index (κ2) is 9.05. The van der Waals surface area contributed by atoms with E-state index in [0.717, 1.165) is 18.8 Å². The van der Waals surface area contributed by atoms with Gasteiger partial charge in [-0.05, 0) is 67.8 Å². The van der Waals surface area contributed by atoms with E-state index in [2.05, 4.69) is 37.6 Å². The molecule has 0 bridgehead atoms. The lowest BCUT2D eigenvalue weighted by Crippen LogP contribution is -2.29. The molecule has 1 fully saturated rings. The van der Waals surface area contributed by atoms with Crippen molar-refractivity contribution in [1.82, 2.24) is 9.97 Å². The maximum atomic E-state index is 12.3. The molecule has 0 radical (unpaired) electrons. The summed E-state index contributed by atoms with van der Waals surface area (Å²) in [4.78, 5) is 23.2. The van der Waals surface area contributed by atoms with E-state index in [1.54, 1.807) is 24.3 Å². The van der Waals surface area contributed by atoms with Gasteiger partial charge in [0.25, 0.3) is 5.91 Å². The fourth-order valence-electron chi connectivity index (χ4n) is 3.39. The van der Waals surface area contributed by atoms with E-state index in [0.29, 0.717) is 17.1 Å². The first-order chi connectivity index (χ1) is 14.7. The Morgan fingerprint density at radius 2 is 1.60 bits per heavy atom. The van der Waals surface area contributed by atoms with Gasteiger partial charge in [-0.25, -0.2) is 9.97 Å². The molecular weight excluding hydrogens is 376 g/mol. The molecule has 150 valence electrons. The van der Waals surface area contributed by atoms with Crippen LogP contribution >= 0.6 is 0 Å². The molecule has 1 amide bonds. The van der Waals surface area contributed by atoms with Crippen LogP contribution in [0.25, 0.3) is 0 Å². The number of rotatable bonds is 5. The molecule has 2 N–H and O–H groups in total. The zero-order valence-corrected chi connectivity index (χ0v) is 16.5. The van der Waals surface area contributed by atoms with Gasteiger partial charge in [0.05, 0.1) is 24.0 Å². The number of hydrogen-bond donors (Lipinski definition) is 2. The minimum atomic E-state index is -0.357. The number of piperidine rings is 1. The van der Waals surface area contributed by atoms with Crippen molar-refractivity contribution in [3.8, 4) is 6.07 Å². The van der Waals surface area contributed by atoms with Crippen LogP contribution in [0.2, 0.25) is 0 Å². The number of nitrogens with zero attached hydrogens (tertiary/aromatic N) is 4. The third-order valence-electron chi connectivity index (χ3n) is 5.02. The number of anilines is 4. The summed E-state index contributed by atoms with van der Waals surface area (Å²) in [7, 11) is 0. The lowest BCUT2D eigenvalue weighted by molar-refractivity contribution is 0.102. The molecule has 1 aliphatic heterocycles. The standard InChI is InChI=1S/C23H22N6O/c24-14-17-4-6-19(7-5-17)28-23(30)21-15-26-22(16-25-21)27-18-8-10-20(11-9-18)29-12-2-1-3-13-29/h4-11,15-16H,1-3,12-13H2,(H,26,27)(H,28,30). The van der Waals surface area contributed by atoms with Crippen LogP contribution in [-0.4, -0.2) is 29.0 Å². The summed E-state index contributed by atoms with van der Waals surface area (Å²) in [5, 5.41) is 14.8. The first-order valence-electron chi connectivity index (χ1n) is 9.97. The number of hydrogen-bond acceptors (Lipinski definition) is 6. The van der Waals surface area contributed by atoms with Crippen molar-refractivity contribution in [3.63, 3.8) is 0 Å². The van der Waals surface area contributed by atoms with E-state index in [-0.39, 0.29) is 11.6 Å². The normalized spacial score (nSPS) is 13.4. The van der Waals surface area contributed by atoms with Gasteiger partial charge in [0, 0.05) is 30.2 Å². The molecule has 0 spiro atoms. The Kier molecular flexibility index (Phi) is 5.85. The first kappa shape index (κ1) is 19.4. The number of nitrogens with one attached hydrogen (secondary N) is 2. The van der Waals surface area contributed by atoms with Crippen LogP contribution in [0.3, 0.4) is 0 Å². The Balaban J connectivity index is 1.36. The van der Waals surface area contributed by atoms with E-state index < -0.39 is 0 Å². The minimum absolute atomic E-state index is 0.213. The average Bonchev–Trinajstić information content (AvgIpc) is 2.81. The van der Waals surface area contributed by atoms with Crippen LogP contribution in [0.1, 0.15) is 35.3 Å². The molecule has 0 saturated carbocycles. The molecule has 0 unspecified atom stereocenters. The zero-order chi connectivity index (χ0) is 20.8. The summed E-state index contributed by atoms with van der Waals surface area (Å²) >= 11 is 0.